The molecule has 5 nitrogen and oxygen atoms in total. The minimum Gasteiger partial charge on any atom is -0.468 e. The van der Waals surface area contributed by atoms with Crippen LogP contribution in [0.5, 0.6) is 0 Å². The standard InChI is InChI=1S/C33H28F3N3O2/c1-41-31(40)32(17-18-32)25-15-13-22(14-16-25)20-37-26-10-5-9-24(19-26)30-27-11-6-12-28(33(34,35)36)29(27)38-39(30)21-23-7-3-2-4-8-23/h2-16,19,37H,17-18,20-21H2,1H3. The topological polar surface area (TPSA) is 56.1 Å². The molecule has 0 bridgehead atoms. The summed E-state index contributed by atoms with van der Waals surface area (Å²) in [6.45, 7) is 0.871. The summed E-state index contributed by atoms with van der Waals surface area (Å²) in [5.74, 6) is -0.193. The molecule has 1 saturated carbocycles. The number of alkyl halides is 3. The summed E-state index contributed by atoms with van der Waals surface area (Å²) in [6, 6.07) is 29.3. The van der Waals surface area contributed by atoms with E-state index in [-0.39, 0.29) is 11.5 Å². The molecule has 0 atom stereocenters. The zero-order chi connectivity index (χ0) is 28.6. The van der Waals surface area contributed by atoms with Crippen LogP contribution in [0.2, 0.25) is 0 Å². The molecule has 1 aliphatic carbocycles. The van der Waals surface area contributed by atoms with Crippen LogP contribution in [-0.4, -0.2) is 22.9 Å². The van der Waals surface area contributed by atoms with Crippen molar-refractivity contribution in [1.29, 1.82) is 0 Å². The van der Waals surface area contributed by atoms with Gasteiger partial charge in [-0.2, -0.15) is 18.3 Å². The molecule has 5 aromatic rings. The summed E-state index contributed by atoms with van der Waals surface area (Å²) in [5.41, 5.74) is 3.83. The lowest BCUT2D eigenvalue weighted by atomic mass is 9.95. The van der Waals surface area contributed by atoms with Crippen LogP contribution in [0.1, 0.15) is 35.1 Å². The molecule has 1 N–H and O–H groups in total. The van der Waals surface area contributed by atoms with Crippen LogP contribution in [0.15, 0.2) is 97.1 Å². The van der Waals surface area contributed by atoms with Crippen LogP contribution in [0.3, 0.4) is 0 Å². The van der Waals surface area contributed by atoms with Crippen molar-refractivity contribution in [2.24, 2.45) is 0 Å². The van der Waals surface area contributed by atoms with Crippen molar-refractivity contribution < 1.29 is 22.7 Å². The maximum absolute atomic E-state index is 13.9. The highest BCUT2D eigenvalue weighted by Gasteiger charge is 2.52. The molecule has 0 radical (unpaired) electrons. The average molecular weight is 556 g/mol. The number of esters is 1. The highest BCUT2D eigenvalue weighted by Crippen LogP contribution is 2.49. The van der Waals surface area contributed by atoms with Gasteiger partial charge in [0, 0.05) is 23.2 Å². The van der Waals surface area contributed by atoms with E-state index >= 15 is 0 Å². The lowest BCUT2D eigenvalue weighted by Crippen LogP contribution is -2.21. The van der Waals surface area contributed by atoms with Crippen molar-refractivity contribution in [3.05, 3.63) is 119 Å². The monoisotopic (exact) mass is 555 g/mol. The van der Waals surface area contributed by atoms with E-state index in [4.69, 9.17) is 4.74 Å². The zero-order valence-corrected chi connectivity index (χ0v) is 22.4. The number of carbonyl (C=O) groups is 1. The molecule has 1 aromatic heterocycles. The van der Waals surface area contributed by atoms with Crippen LogP contribution in [0.25, 0.3) is 22.2 Å². The molecule has 1 heterocycles. The first-order chi connectivity index (χ1) is 19.8. The first-order valence-electron chi connectivity index (χ1n) is 13.4. The molecular weight excluding hydrogens is 527 g/mol. The summed E-state index contributed by atoms with van der Waals surface area (Å²) in [5, 5.41) is 8.34. The molecule has 41 heavy (non-hydrogen) atoms. The number of nitrogens with zero attached hydrogens (tertiary/aromatic N) is 2. The number of hydrogen-bond acceptors (Lipinski definition) is 4. The molecule has 1 fully saturated rings. The first kappa shape index (κ1) is 26.6. The number of anilines is 1. The van der Waals surface area contributed by atoms with Gasteiger partial charge in [0.1, 0.15) is 5.52 Å². The fourth-order valence-corrected chi connectivity index (χ4v) is 5.41. The number of methoxy groups -OCH3 is 1. The minimum atomic E-state index is -4.52. The van der Waals surface area contributed by atoms with Crippen molar-refractivity contribution >= 4 is 22.6 Å². The van der Waals surface area contributed by atoms with Gasteiger partial charge in [-0.1, -0.05) is 78.9 Å². The minimum absolute atomic E-state index is 0.0650. The summed E-state index contributed by atoms with van der Waals surface area (Å²) in [6.07, 6.45) is -2.92. The summed E-state index contributed by atoms with van der Waals surface area (Å²) in [7, 11) is 1.42. The molecule has 6 rings (SSSR count). The van der Waals surface area contributed by atoms with Crippen molar-refractivity contribution in [2.45, 2.75) is 37.5 Å². The van der Waals surface area contributed by atoms with Crippen LogP contribution in [-0.2, 0) is 34.2 Å². The third-order valence-electron chi connectivity index (χ3n) is 7.72. The van der Waals surface area contributed by atoms with E-state index in [0.717, 1.165) is 46.8 Å². The number of ether oxygens (including phenoxy) is 1. The highest BCUT2D eigenvalue weighted by atomic mass is 19.4. The Morgan fingerprint density at radius 3 is 2.34 bits per heavy atom. The number of carbonyl (C=O) groups excluding carboxylic acids is 1. The van der Waals surface area contributed by atoms with Gasteiger partial charge in [0.05, 0.1) is 30.3 Å². The molecular formula is C33H28F3N3O2. The van der Waals surface area contributed by atoms with E-state index < -0.39 is 17.2 Å². The largest absolute Gasteiger partial charge is 0.468 e. The van der Waals surface area contributed by atoms with Gasteiger partial charge in [0.25, 0.3) is 0 Å². The van der Waals surface area contributed by atoms with Gasteiger partial charge in [-0.3, -0.25) is 9.48 Å². The molecule has 0 saturated heterocycles. The Balaban J connectivity index is 1.30. The fraction of sp³-hybridized carbons (Fsp3) is 0.212. The third kappa shape index (κ3) is 5.17. The van der Waals surface area contributed by atoms with Gasteiger partial charge in [0.2, 0.25) is 0 Å². The van der Waals surface area contributed by atoms with Gasteiger partial charge < -0.3 is 10.1 Å². The Bertz CT molecular complexity index is 1710. The maximum atomic E-state index is 13.9. The van der Waals surface area contributed by atoms with Gasteiger partial charge in [-0.25, -0.2) is 0 Å². The number of benzene rings is 4. The smallest absolute Gasteiger partial charge is 0.418 e. The van der Waals surface area contributed by atoms with Crippen molar-refractivity contribution in [3.8, 4) is 11.3 Å². The molecule has 8 heteroatoms. The quantitative estimate of drug-likeness (QED) is 0.201. The Labute approximate surface area is 235 Å². The van der Waals surface area contributed by atoms with E-state index in [1.807, 2.05) is 78.9 Å². The Morgan fingerprint density at radius 2 is 1.66 bits per heavy atom. The lowest BCUT2D eigenvalue weighted by Gasteiger charge is -2.14. The van der Waals surface area contributed by atoms with E-state index in [1.165, 1.54) is 13.2 Å². The van der Waals surface area contributed by atoms with Crippen molar-refractivity contribution in [3.63, 3.8) is 0 Å². The van der Waals surface area contributed by atoms with Gasteiger partial charge in [-0.05, 0) is 47.7 Å². The lowest BCUT2D eigenvalue weighted by molar-refractivity contribution is -0.143. The maximum Gasteiger partial charge on any atom is 0.418 e. The van der Waals surface area contributed by atoms with Crippen LogP contribution in [0.4, 0.5) is 18.9 Å². The number of nitrogens with one attached hydrogen (secondary N) is 1. The normalized spacial score (nSPS) is 14.1. The number of halogens is 3. The number of fused-ring (bicyclic) bond motifs is 1. The molecule has 0 amide bonds. The Morgan fingerprint density at radius 1 is 0.927 bits per heavy atom. The molecule has 1 aliphatic rings. The number of aromatic nitrogens is 2. The van der Waals surface area contributed by atoms with Crippen molar-refractivity contribution in [1.82, 2.24) is 9.78 Å². The summed E-state index contributed by atoms with van der Waals surface area (Å²) >= 11 is 0. The predicted molar refractivity (Wildman–Crippen MR) is 152 cm³/mol. The van der Waals surface area contributed by atoms with Crippen LogP contribution >= 0.6 is 0 Å². The average Bonchev–Trinajstić information content (AvgIpc) is 3.71. The second-order valence-electron chi connectivity index (χ2n) is 10.4. The molecule has 0 spiro atoms. The Kier molecular flexibility index (Phi) is 6.77. The second-order valence-corrected chi connectivity index (χ2v) is 10.4. The molecule has 0 unspecified atom stereocenters. The predicted octanol–water partition coefficient (Wildman–Crippen LogP) is 7.59. The molecule has 0 aliphatic heterocycles. The van der Waals surface area contributed by atoms with E-state index in [2.05, 4.69) is 10.4 Å². The highest BCUT2D eigenvalue weighted by molar-refractivity contribution is 5.96. The van der Waals surface area contributed by atoms with Gasteiger partial charge in [0.15, 0.2) is 0 Å². The summed E-state index contributed by atoms with van der Waals surface area (Å²) in [4.78, 5) is 12.2. The number of hydrogen-bond donors (Lipinski definition) is 1. The van der Waals surface area contributed by atoms with Gasteiger partial charge >= 0.3 is 12.1 Å². The van der Waals surface area contributed by atoms with E-state index in [1.54, 1.807) is 10.7 Å². The SMILES string of the molecule is COC(=O)C1(c2ccc(CNc3cccc(-c4c5cccc(C(F)(F)F)c5nn4Cc4ccccc4)c3)cc2)CC1. The molecule has 208 valence electrons. The summed E-state index contributed by atoms with van der Waals surface area (Å²) < 4.78 is 48.3. The first-order valence-corrected chi connectivity index (χ1v) is 13.4. The van der Waals surface area contributed by atoms with E-state index in [9.17, 15) is 18.0 Å². The fourth-order valence-electron chi connectivity index (χ4n) is 5.41. The van der Waals surface area contributed by atoms with Crippen LogP contribution < -0.4 is 5.32 Å². The van der Waals surface area contributed by atoms with Gasteiger partial charge in [-0.15, -0.1) is 0 Å². The Hall–Kier alpha value is -4.59. The zero-order valence-electron chi connectivity index (χ0n) is 22.4. The molecule has 4 aromatic carbocycles. The second kappa shape index (κ2) is 10.4. The van der Waals surface area contributed by atoms with E-state index in [0.29, 0.717) is 24.2 Å². The van der Waals surface area contributed by atoms with Crippen LogP contribution in [0, 0.1) is 0 Å². The third-order valence-corrected chi connectivity index (χ3v) is 7.72. The van der Waals surface area contributed by atoms with Crippen molar-refractivity contribution in [2.75, 3.05) is 12.4 Å². The number of rotatable bonds is 8.